The van der Waals surface area contributed by atoms with Gasteiger partial charge in [-0.25, -0.2) is 14.6 Å². The van der Waals surface area contributed by atoms with Crippen molar-refractivity contribution in [1.82, 2.24) is 44.9 Å². The third kappa shape index (κ3) is 8.92. The fourth-order valence-corrected chi connectivity index (χ4v) is 6.81. The number of hydrogen-bond acceptors (Lipinski definition) is 13. The second-order valence-electron chi connectivity index (χ2n) is 13.4. The van der Waals surface area contributed by atoms with Gasteiger partial charge in [0.1, 0.15) is 29.9 Å². The first-order valence-corrected chi connectivity index (χ1v) is 17.4. The molecule has 15 heteroatoms. The van der Waals surface area contributed by atoms with Gasteiger partial charge in [0, 0.05) is 57.2 Å². The highest BCUT2D eigenvalue weighted by Crippen LogP contribution is 2.36. The van der Waals surface area contributed by atoms with Gasteiger partial charge in [0.05, 0.1) is 42.7 Å². The zero-order valence-corrected chi connectivity index (χ0v) is 29.5. The Balaban J connectivity index is 1.14. The van der Waals surface area contributed by atoms with E-state index in [2.05, 4.69) is 60.3 Å². The number of methoxy groups -OCH3 is 1. The predicted molar refractivity (Wildman–Crippen MR) is 185 cm³/mol. The molecular formula is C35H47N11O4. The van der Waals surface area contributed by atoms with Crippen LogP contribution < -0.4 is 14.8 Å². The Morgan fingerprint density at radius 2 is 1.74 bits per heavy atom. The normalized spacial score (nSPS) is 22.4. The monoisotopic (exact) mass is 685 g/mol. The molecule has 50 heavy (non-hydrogen) atoms. The summed E-state index contributed by atoms with van der Waals surface area (Å²) in [6.07, 6.45) is 12.3. The van der Waals surface area contributed by atoms with Crippen LogP contribution in [0.3, 0.4) is 0 Å². The number of morpholine rings is 1. The van der Waals surface area contributed by atoms with E-state index in [0.717, 1.165) is 56.3 Å². The Morgan fingerprint density at radius 3 is 2.42 bits per heavy atom. The molecule has 1 saturated carbocycles. The van der Waals surface area contributed by atoms with Crippen molar-refractivity contribution in [3.63, 3.8) is 0 Å². The topological polar surface area (TPSA) is 163 Å². The van der Waals surface area contributed by atoms with Crippen molar-refractivity contribution in [2.75, 3.05) is 32.1 Å². The smallest absolute Gasteiger partial charge is 0.257 e. The largest absolute Gasteiger partial charge is 0.487 e. The van der Waals surface area contributed by atoms with Gasteiger partial charge in [-0.15, -0.1) is 10.2 Å². The van der Waals surface area contributed by atoms with Gasteiger partial charge in [0.25, 0.3) is 5.88 Å². The van der Waals surface area contributed by atoms with Crippen LogP contribution in [0, 0.1) is 11.3 Å². The maximum absolute atomic E-state index is 9.68. The van der Waals surface area contributed by atoms with Gasteiger partial charge in [-0.1, -0.05) is 6.07 Å². The number of anilines is 2. The summed E-state index contributed by atoms with van der Waals surface area (Å²) >= 11 is 0. The lowest BCUT2D eigenvalue weighted by atomic mass is 9.89. The molecular weight excluding hydrogens is 638 g/mol. The number of nitrogens with one attached hydrogen (secondary N) is 1. The van der Waals surface area contributed by atoms with Crippen molar-refractivity contribution in [2.45, 2.75) is 103 Å². The second kappa shape index (κ2) is 16.4. The SMILES string of the molecule is COCCC(C)Oc1nn(C2CCC(N3C[C@@H](C)O[C@@H](C)C3)CC2)cc1Nc1ncc(-c2ccc(C#N)c(O[C@@H](C)Cn3cnnn3)c2)cn1. The molecule has 1 aromatic carbocycles. The van der Waals surface area contributed by atoms with E-state index < -0.39 is 0 Å². The minimum absolute atomic E-state index is 0.0911. The second-order valence-corrected chi connectivity index (χ2v) is 13.4. The lowest BCUT2D eigenvalue weighted by molar-refractivity contribution is -0.0852. The van der Waals surface area contributed by atoms with Crippen LogP contribution in [0.1, 0.15) is 71.4 Å². The number of benzene rings is 1. The summed E-state index contributed by atoms with van der Waals surface area (Å²) in [7, 11) is 1.69. The molecule has 0 amide bonds. The lowest BCUT2D eigenvalue weighted by Gasteiger charge is -2.42. The molecule has 4 atom stereocenters. The van der Waals surface area contributed by atoms with Gasteiger partial charge >= 0.3 is 0 Å². The average molecular weight is 686 g/mol. The first-order chi connectivity index (χ1) is 24.3. The van der Waals surface area contributed by atoms with Crippen LogP contribution in [0.4, 0.5) is 11.6 Å². The van der Waals surface area contributed by atoms with E-state index in [4.69, 9.17) is 24.0 Å². The van der Waals surface area contributed by atoms with E-state index in [1.165, 1.54) is 6.33 Å². The maximum Gasteiger partial charge on any atom is 0.257 e. The molecule has 1 unspecified atom stereocenters. The van der Waals surface area contributed by atoms with Gasteiger partial charge in [0.15, 0.2) is 0 Å². The molecule has 4 heterocycles. The Morgan fingerprint density at radius 1 is 1.00 bits per heavy atom. The van der Waals surface area contributed by atoms with Crippen LogP contribution in [-0.2, 0) is 16.0 Å². The zero-order valence-electron chi connectivity index (χ0n) is 29.5. The summed E-state index contributed by atoms with van der Waals surface area (Å²) in [5, 5.41) is 29.2. The molecule has 2 fully saturated rings. The quantitative estimate of drug-likeness (QED) is 0.193. The van der Waals surface area contributed by atoms with Crippen LogP contribution in [-0.4, -0.2) is 102 Å². The average Bonchev–Trinajstić information content (AvgIpc) is 3.77. The van der Waals surface area contributed by atoms with Crippen molar-refractivity contribution in [3.8, 4) is 28.8 Å². The molecule has 0 bridgehead atoms. The number of rotatable bonds is 14. The third-order valence-corrected chi connectivity index (χ3v) is 9.24. The maximum atomic E-state index is 9.68. The van der Waals surface area contributed by atoms with Gasteiger partial charge in [-0.05, 0) is 81.5 Å². The number of aromatic nitrogens is 8. The summed E-state index contributed by atoms with van der Waals surface area (Å²) in [6.45, 7) is 11.3. The van der Waals surface area contributed by atoms with Crippen LogP contribution in [0.5, 0.6) is 11.6 Å². The summed E-state index contributed by atoms with van der Waals surface area (Å²) in [5.74, 6) is 1.40. The number of hydrogen-bond donors (Lipinski definition) is 1. The standard InChI is InChI=1S/C35H47N11O4/c1-23(12-13-47-5)50-34-32(21-46(41-34)31-10-8-30(9-11-31)44-18-24(2)48-25(3)19-44)40-35-37-16-29(17-38-35)27-6-7-28(15-36)33(14-27)49-26(4)20-45-22-39-42-43-45/h6-7,14,16-17,21-26,30-31H,8-13,18-20H2,1-5H3,(H,37,38,40)/t23?,24-,25+,26-,30?,31?/m0/s1. The van der Waals surface area contributed by atoms with Gasteiger partial charge in [-0.3, -0.25) is 9.58 Å². The third-order valence-electron chi connectivity index (χ3n) is 9.24. The van der Waals surface area contributed by atoms with E-state index in [1.54, 1.807) is 30.3 Å². The molecule has 1 saturated heterocycles. The number of tetrazole rings is 1. The van der Waals surface area contributed by atoms with Gasteiger partial charge < -0.3 is 24.3 Å². The predicted octanol–water partition coefficient (Wildman–Crippen LogP) is 4.81. The highest BCUT2D eigenvalue weighted by Gasteiger charge is 2.32. The van der Waals surface area contributed by atoms with E-state index in [-0.39, 0.29) is 30.5 Å². The van der Waals surface area contributed by atoms with Crippen LogP contribution in [0.15, 0.2) is 43.1 Å². The van der Waals surface area contributed by atoms with Crippen LogP contribution in [0.2, 0.25) is 0 Å². The summed E-state index contributed by atoms with van der Waals surface area (Å²) in [5.41, 5.74) is 2.74. The Bertz CT molecular complexity index is 1690. The van der Waals surface area contributed by atoms with Crippen molar-refractivity contribution >= 4 is 11.6 Å². The highest BCUT2D eigenvalue weighted by molar-refractivity contribution is 5.67. The van der Waals surface area contributed by atoms with E-state index in [0.29, 0.717) is 48.0 Å². The van der Waals surface area contributed by atoms with Gasteiger partial charge in [0.2, 0.25) is 5.95 Å². The minimum atomic E-state index is -0.273. The minimum Gasteiger partial charge on any atom is -0.487 e. The van der Waals surface area contributed by atoms with E-state index >= 15 is 0 Å². The van der Waals surface area contributed by atoms with Crippen LogP contribution in [0.25, 0.3) is 11.1 Å². The van der Waals surface area contributed by atoms with E-state index in [1.807, 2.05) is 32.2 Å². The van der Waals surface area contributed by atoms with Crippen LogP contribution >= 0.6 is 0 Å². The van der Waals surface area contributed by atoms with Gasteiger partial charge in [-0.2, -0.15) is 5.26 Å². The molecule has 1 N–H and O–H groups in total. The van der Waals surface area contributed by atoms with Crippen molar-refractivity contribution in [2.24, 2.45) is 0 Å². The zero-order chi connectivity index (χ0) is 35.0. The number of nitriles is 1. The first-order valence-electron chi connectivity index (χ1n) is 17.4. The van der Waals surface area contributed by atoms with E-state index in [9.17, 15) is 5.26 Å². The molecule has 15 nitrogen and oxygen atoms in total. The first kappa shape index (κ1) is 35.2. The Hall–Kier alpha value is -4.65. The molecule has 1 aliphatic heterocycles. The highest BCUT2D eigenvalue weighted by atomic mass is 16.5. The fourth-order valence-electron chi connectivity index (χ4n) is 6.81. The van der Waals surface area contributed by atoms with Crippen molar-refractivity contribution in [3.05, 3.63) is 48.7 Å². The molecule has 0 radical (unpaired) electrons. The summed E-state index contributed by atoms with van der Waals surface area (Å²) < 4.78 is 27.3. The van der Waals surface area contributed by atoms with Crippen molar-refractivity contribution in [1.29, 1.82) is 5.26 Å². The molecule has 6 rings (SSSR count). The molecule has 1 aliphatic carbocycles. The molecule has 266 valence electrons. The number of ether oxygens (including phenoxy) is 4. The Kier molecular flexibility index (Phi) is 11.5. The molecule has 0 spiro atoms. The summed E-state index contributed by atoms with van der Waals surface area (Å²) in [6, 6.07) is 8.47. The molecule has 3 aromatic heterocycles. The summed E-state index contributed by atoms with van der Waals surface area (Å²) in [4.78, 5) is 11.8. The molecule has 2 aliphatic rings. The fraction of sp³-hybridized carbons (Fsp3) is 0.571. The molecule has 4 aromatic rings. The lowest BCUT2D eigenvalue weighted by Crippen LogP contribution is -2.51. The van der Waals surface area contributed by atoms with Crippen molar-refractivity contribution < 1.29 is 18.9 Å². The number of nitrogens with zero attached hydrogens (tertiary/aromatic N) is 10. The Labute approximate surface area is 292 Å².